The Bertz CT molecular complexity index is 388. The zero-order chi connectivity index (χ0) is 11.8. The van der Waals surface area contributed by atoms with E-state index in [9.17, 15) is 4.79 Å². The third kappa shape index (κ3) is 0.970. The summed E-state index contributed by atoms with van der Waals surface area (Å²) in [6, 6.07) is 0.331. The van der Waals surface area contributed by atoms with E-state index in [1.807, 2.05) is 11.8 Å². The first-order valence-corrected chi connectivity index (χ1v) is 6.56. The molecule has 4 rings (SSSR count). The van der Waals surface area contributed by atoms with Crippen molar-refractivity contribution in [3.05, 3.63) is 0 Å². The number of carbonyl (C=O) groups is 1. The van der Waals surface area contributed by atoms with E-state index < -0.39 is 0 Å². The van der Waals surface area contributed by atoms with E-state index in [-0.39, 0.29) is 11.6 Å². The molecule has 4 fully saturated rings. The third-order valence-electron chi connectivity index (χ3n) is 5.11. The average molecular weight is 238 g/mol. The first kappa shape index (κ1) is 10.1. The second-order valence-electron chi connectivity index (χ2n) is 5.67. The van der Waals surface area contributed by atoms with Crippen LogP contribution in [0.15, 0.2) is 0 Å². The molecular weight excluding hydrogens is 220 g/mol. The van der Waals surface area contributed by atoms with Crippen LogP contribution in [-0.2, 0) is 9.47 Å². The number of amides is 1. The lowest BCUT2D eigenvalue weighted by Gasteiger charge is -2.37. The number of carbonyl (C=O) groups excluding carboxylic acids is 1. The number of likely N-dealkylation sites (tertiary alicyclic amines) is 1. The highest BCUT2D eigenvalue weighted by molar-refractivity contribution is 5.76. The molecule has 0 aromatic heterocycles. The van der Waals surface area contributed by atoms with Crippen LogP contribution in [0.1, 0.15) is 19.8 Å². The summed E-state index contributed by atoms with van der Waals surface area (Å²) in [4.78, 5) is 13.9. The van der Waals surface area contributed by atoms with E-state index in [1.54, 1.807) is 0 Å². The third-order valence-corrected chi connectivity index (χ3v) is 5.11. The normalized spacial score (nSPS) is 52.8. The van der Waals surface area contributed by atoms with Crippen molar-refractivity contribution in [2.45, 2.75) is 43.6 Å². The molecule has 5 heteroatoms. The minimum Gasteiger partial charge on any atom is -0.450 e. The van der Waals surface area contributed by atoms with Gasteiger partial charge < -0.3 is 15.2 Å². The summed E-state index contributed by atoms with van der Waals surface area (Å²) < 4.78 is 10.8. The molecule has 0 aromatic carbocycles. The van der Waals surface area contributed by atoms with Gasteiger partial charge >= 0.3 is 6.09 Å². The maximum atomic E-state index is 11.9. The van der Waals surface area contributed by atoms with Crippen molar-refractivity contribution < 1.29 is 14.3 Å². The molecule has 4 aliphatic rings. The maximum absolute atomic E-state index is 11.9. The second-order valence-corrected chi connectivity index (χ2v) is 5.67. The van der Waals surface area contributed by atoms with E-state index >= 15 is 0 Å². The van der Waals surface area contributed by atoms with Gasteiger partial charge in [-0.25, -0.2) is 4.79 Å². The molecule has 0 aromatic rings. The number of rotatable bonds is 2. The number of hydrogen-bond donors (Lipinski definition) is 1. The summed E-state index contributed by atoms with van der Waals surface area (Å²) in [7, 11) is 0. The second kappa shape index (κ2) is 2.95. The summed E-state index contributed by atoms with van der Waals surface area (Å²) in [5, 5.41) is 0. The molecule has 2 aliphatic heterocycles. The predicted octanol–water partition coefficient (Wildman–Crippen LogP) is 0.332. The van der Waals surface area contributed by atoms with Gasteiger partial charge in [0, 0.05) is 5.92 Å². The Morgan fingerprint density at radius 3 is 3.12 bits per heavy atom. The van der Waals surface area contributed by atoms with Crippen LogP contribution in [0.5, 0.6) is 0 Å². The molecule has 94 valence electrons. The monoisotopic (exact) mass is 238 g/mol. The zero-order valence-corrected chi connectivity index (χ0v) is 9.96. The van der Waals surface area contributed by atoms with Crippen LogP contribution in [0.2, 0.25) is 0 Å². The first-order chi connectivity index (χ1) is 8.25. The van der Waals surface area contributed by atoms with Gasteiger partial charge in [0.1, 0.15) is 11.6 Å². The Balaban J connectivity index is 1.58. The van der Waals surface area contributed by atoms with Crippen LogP contribution >= 0.6 is 0 Å². The molecule has 2 N–H and O–H groups in total. The minimum atomic E-state index is -0.158. The Morgan fingerprint density at radius 1 is 1.59 bits per heavy atom. The van der Waals surface area contributed by atoms with Crippen LogP contribution in [0, 0.1) is 11.8 Å². The van der Waals surface area contributed by atoms with Crippen LogP contribution in [0.4, 0.5) is 4.79 Å². The zero-order valence-electron chi connectivity index (χ0n) is 9.96. The number of epoxide rings is 1. The smallest absolute Gasteiger partial charge is 0.410 e. The van der Waals surface area contributed by atoms with Crippen molar-refractivity contribution in [1.29, 1.82) is 0 Å². The van der Waals surface area contributed by atoms with Gasteiger partial charge in [0.05, 0.1) is 18.8 Å². The molecule has 6 atom stereocenters. The fourth-order valence-corrected chi connectivity index (χ4v) is 4.35. The van der Waals surface area contributed by atoms with Crippen molar-refractivity contribution >= 4 is 6.09 Å². The Labute approximate surface area is 100 Å². The molecule has 2 saturated carbocycles. The van der Waals surface area contributed by atoms with E-state index in [0.29, 0.717) is 36.7 Å². The Kier molecular flexibility index (Phi) is 1.76. The number of nitrogens with zero attached hydrogens (tertiary/aromatic N) is 1. The first-order valence-electron chi connectivity index (χ1n) is 6.56. The van der Waals surface area contributed by atoms with Crippen molar-refractivity contribution in [1.82, 2.24) is 4.90 Å². The molecule has 5 unspecified atom stereocenters. The molecule has 2 heterocycles. The van der Waals surface area contributed by atoms with Crippen LogP contribution in [0.3, 0.4) is 0 Å². The lowest BCUT2D eigenvalue weighted by atomic mass is 9.62. The summed E-state index contributed by atoms with van der Waals surface area (Å²) >= 11 is 0. The predicted molar refractivity (Wildman–Crippen MR) is 59.3 cm³/mol. The lowest BCUT2D eigenvalue weighted by Crippen LogP contribution is -2.53. The molecule has 0 bridgehead atoms. The standard InChI is InChI=1S/C12H18N2O3/c1-2-16-11(15)14-8-4-6(5-13)3-7-9-10(17-9)12(7,8)14/h6-10H,2-5,13H2,1H3/t6?,7?,8?,9?,10-,12?,14?/m1/s1. The topological polar surface area (TPSA) is 67.9 Å². The SMILES string of the molecule is CCOC(=O)N1C2CC(CN)CC3C4O[C@H]4C321. The fourth-order valence-electron chi connectivity index (χ4n) is 4.35. The van der Waals surface area contributed by atoms with Gasteiger partial charge in [-0.15, -0.1) is 0 Å². The molecule has 0 radical (unpaired) electrons. The van der Waals surface area contributed by atoms with E-state index in [1.165, 1.54) is 0 Å². The summed E-state index contributed by atoms with van der Waals surface area (Å²) in [6.07, 6.45) is 2.70. The molecule has 1 amide bonds. The highest BCUT2D eigenvalue weighted by atomic mass is 16.6. The van der Waals surface area contributed by atoms with Crippen molar-refractivity contribution in [3.8, 4) is 0 Å². The molecule has 2 saturated heterocycles. The highest BCUT2D eigenvalue weighted by Crippen LogP contribution is 2.73. The highest BCUT2D eigenvalue weighted by Gasteiger charge is 2.90. The van der Waals surface area contributed by atoms with Crippen molar-refractivity contribution in [2.24, 2.45) is 17.6 Å². The summed E-state index contributed by atoms with van der Waals surface area (Å²) in [5.74, 6) is 1.06. The lowest BCUT2D eigenvalue weighted by molar-refractivity contribution is 0.111. The van der Waals surface area contributed by atoms with Crippen molar-refractivity contribution in [2.75, 3.05) is 13.2 Å². The summed E-state index contributed by atoms with van der Waals surface area (Å²) in [6.45, 7) is 3.01. The largest absolute Gasteiger partial charge is 0.450 e. The Morgan fingerprint density at radius 2 is 2.41 bits per heavy atom. The van der Waals surface area contributed by atoms with Crippen LogP contribution in [-0.4, -0.2) is 47.9 Å². The van der Waals surface area contributed by atoms with Gasteiger partial charge in [0.15, 0.2) is 0 Å². The quantitative estimate of drug-likeness (QED) is 0.704. The molecular formula is C12H18N2O3. The summed E-state index contributed by atoms with van der Waals surface area (Å²) in [5.41, 5.74) is 5.79. The number of hydrogen-bond acceptors (Lipinski definition) is 4. The average Bonchev–Trinajstić information content (AvgIpc) is 3.17. The molecule has 2 aliphatic carbocycles. The van der Waals surface area contributed by atoms with Gasteiger partial charge in [-0.3, -0.25) is 4.90 Å². The van der Waals surface area contributed by atoms with Crippen molar-refractivity contribution in [3.63, 3.8) is 0 Å². The van der Waals surface area contributed by atoms with Crippen LogP contribution in [0.25, 0.3) is 0 Å². The van der Waals surface area contributed by atoms with E-state index in [2.05, 4.69) is 0 Å². The fraction of sp³-hybridized carbons (Fsp3) is 0.917. The number of nitrogens with two attached hydrogens (primary N) is 1. The minimum absolute atomic E-state index is 0.0165. The molecule has 17 heavy (non-hydrogen) atoms. The van der Waals surface area contributed by atoms with Gasteiger partial charge in [-0.2, -0.15) is 0 Å². The number of ether oxygens (including phenoxy) is 2. The molecule has 1 spiro atoms. The van der Waals surface area contributed by atoms with Gasteiger partial charge in [0.25, 0.3) is 0 Å². The van der Waals surface area contributed by atoms with E-state index in [4.69, 9.17) is 15.2 Å². The number of fused-ring (bicyclic) bond motifs is 2. The van der Waals surface area contributed by atoms with Gasteiger partial charge in [-0.1, -0.05) is 0 Å². The van der Waals surface area contributed by atoms with Gasteiger partial charge in [-0.05, 0) is 32.2 Å². The molecule has 5 nitrogen and oxygen atoms in total. The van der Waals surface area contributed by atoms with Crippen LogP contribution < -0.4 is 5.73 Å². The maximum Gasteiger partial charge on any atom is 0.410 e. The Hall–Kier alpha value is -0.810. The van der Waals surface area contributed by atoms with E-state index in [0.717, 1.165) is 19.4 Å². The van der Waals surface area contributed by atoms with Gasteiger partial charge in [0.2, 0.25) is 0 Å².